The molecule has 0 atom stereocenters. The van der Waals surface area contributed by atoms with Crippen molar-refractivity contribution in [3.05, 3.63) is 284 Å². The normalized spacial score (nSPS) is 15.0. The Morgan fingerprint density at radius 2 is 1.14 bits per heavy atom. The lowest BCUT2D eigenvalue weighted by Crippen LogP contribution is -2.59. The zero-order valence-corrected chi connectivity index (χ0v) is 50.2. The average Bonchev–Trinajstić information content (AvgIpc) is 0.864. The predicted molar refractivity (Wildman–Crippen MR) is 380 cm³/mol. The van der Waals surface area contributed by atoms with Crippen molar-refractivity contribution in [3.63, 3.8) is 0 Å². The molecular weight excluding hydrogens is 1110 g/mol. The third-order valence-electron chi connectivity index (χ3n) is 19.3. The lowest BCUT2D eigenvalue weighted by Gasteiger charge is -2.41. The number of nitrogens with zero attached hydrogens (tertiary/aromatic N) is 3. The lowest BCUT2D eigenvalue weighted by atomic mass is 9.34. The fraction of sp³-hybridized carbons (Fsp3) is 0.0714. The molecule has 7 heteroatoms. The van der Waals surface area contributed by atoms with Crippen LogP contribution in [0.2, 0.25) is 0 Å². The van der Waals surface area contributed by atoms with Crippen LogP contribution in [-0.2, 0) is 11.8 Å². The predicted octanol–water partition coefficient (Wildman–Crippen LogP) is 20.7. The molecule has 6 heterocycles. The molecule has 0 radical (unpaired) electrons. The van der Waals surface area contributed by atoms with Crippen molar-refractivity contribution in [2.24, 2.45) is 0 Å². The molecule has 12 aromatic carbocycles. The van der Waals surface area contributed by atoms with Crippen LogP contribution in [0.3, 0.4) is 0 Å². The van der Waals surface area contributed by atoms with Crippen molar-refractivity contribution in [2.45, 2.75) is 39.0 Å². The summed E-state index contributed by atoms with van der Waals surface area (Å²) < 4.78 is 69.5. The van der Waals surface area contributed by atoms with E-state index in [1.165, 1.54) is 33.0 Å². The van der Waals surface area contributed by atoms with Gasteiger partial charge in [0.2, 0.25) is 0 Å². The summed E-state index contributed by atoms with van der Waals surface area (Å²) in [6, 6.07) is 76.3. The van der Waals surface area contributed by atoms with Crippen molar-refractivity contribution in [3.8, 4) is 56.3 Å². The highest BCUT2D eigenvalue weighted by Crippen LogP contribution is 2.50. The van der Waals surface area contributed by atoms with E-state index in [0.717, 1.165) is 130 Å². The average molecular weight is 1170 g/mol. The maximum atomic E-state index is 8.91. The molecule has 0 saturated heterocycles. The summed E-state index contributed by atoms with van der Waals surface area (Å²) in [5.74, 6) is 1.51. The molecule has 0 N–H and O–H groups in total. The SMILES string of the molecule is [2H]c1c([2H])c([2H])c(-c2ccc3oc4ccc5oc6c(-c7cc8c9c(c7)N(c7ccc(C(C)(C)C)cc7-c7ccccc7)c7cc(-n%10c%11c(c%12ccccc%12%10)/C=C\C/C=C\C%11)ccc7B9c7ccc(-n9c%10ccccc%10c%10ccccc%109)cc7O8)cccc6c5c4c3c2)c([2H])c1[2H]. The molecule has 3 aliphatic rings. The third kappa shape index (κ3) is 7.80. The van der Waals surface area contributed by atoms with Crippen molar-refractivity contribution in [2.75, 3.05) is 4.90 Å². The van der Waals surface area contributed by atoms with Gasteiger partial charge in [0.15, 0.2) is 0 Å². The number of hydrogen-bond acceptors (Lipinski definition) is 4. The zero-order valence-electron chi connectivity index (χ0n) is 55.2. The van der Waals surface area contributed by atoms with E-state index in [1.54, 1.807) is 6.07 Å². The second kappa shape index (κ2) is 19.6. The minimum Gasteiger partial charge on any atom is -0.458 e. The third-order valence-corrected chi connectivity index (χ3v) is 19.3. The van der Waals surface area contributed by atoms with E-state index in [1.807, 2.05) is 24.3 Å². The van der Waals surface area contributed by atoms with Gasteiger partial charge in [0.25, 0.3) is 6.71 Å². The maximum absolute atomic E-state index is 8.91. The van der Waals surface area contributed by atoms with Crippen LogP contribution in [0.1, 0.15) is 50.9 Å². The Labute approximate surface area is 533 Å². The number of furan rings is 2. The van der Waals surface area contributed by atoms with E-state index in [-0.39, 0.29) is 41.9 Å². The van der Waals surface area contributed by atoms with Gasteiger partial charge in [-0.1, -0.05) is 203 Å². The Hall–Kier alpha value is -11.3. The smallest absolute Gasteiger partial charge is 0.256 e. The Balaban J connectivity index is 0.890. The van der Waals surface area contributed by atoms with Crippen LogP contribution < -0.4 is 26.0 Å². The van der Waals surface area contributed by atoms with Gasteiger partial charge < -0.3 is 27.6 Å². The summed E-state index contributed by atoms with van der Waals surface area (Å²) >= 11 is 0. The first-order chi connectivity index (χ1) is 46.8. The molecule has 2 aliphatic heterocycles. The Bertz CT molecular complexity index is 6060. The van der Waals surface area contributed by atoms with E-state index < -0.39 is 6.04 Å². The standard InChI is InChI=1S/C84H58BN3O3/c1-84(2,3)55-36-41-72(64(48-55)52-23-10-7-11-24-52)88-73-49-56(86-68-31-13-5-4-12-25-59(68)60-26-14-17-32-69(60)86)37-39-66(73)85-67-40-38-57(87-70-33-18-15-27-61(70)62-28-16-19-34-71(62)87)50-78(67)90-79-47-54(46-74(88)82(79)85)58-29-20-30-63-80-77(91-83(58)63)44-43-76-81(80)65-45-53(35-42-75(65)89-76)51-21-8-6-9-22-51/h5-30,32-50H,4,31H2,1-3H3/b13-5-,25-12-/i6D,8D,9D,21D,22D. The molecule has 0 bridgehead atoms. The van der Waals surface area contributed by atoms with Gasteiger partial charge in [0.05, 0.1) is 29.1 Å². The molecule has 6 nitrogen and oxygen atoms in total. The summed E-state index contributed by atoms with van der Waals surface area (Å²) in [5.41, 5.74) is 22.4. The number of para-hydroxylation sites is 4. The summed E-state index contributed by atoms with van der Waals surface area (Å²) in [7, 11) is 0. The van der Waals surface area contributed by atoms with Gasteiger partial charge in [-0.15, -0.1) is 0 Å². The molecule has 1 aliphatic carbocycles. The second-order valence-electron chi connectivity index (χ2n) is 25.4. The van der Waals surface area contributed by atoms with Crippen LogP contribution in [-0.4, -0.2) is 15.8 Å². The van der Waals surface area contributed by atoms with Gasteiger partial charge in [-0.3, -0.25) is 0 Å². The van der Waals surface area contributed by atoms with Gasteiger partial charge in [-0.2, -0.15) is 0 Å². The molecule has 16 aromatic rings. The van der Waals surface area contributed by atoms with Gasteiger partial charge in [0.1, 0.15) is 33.8 Å². The topological polar surface area (TPSA) is 48.6 Å². The van der Waals surface area contributed by atoms with Crippen LogP contribution in [0.25, 0.3) is 127 Å². The van der Waals surface area contributed by atoms with Crippen LogP contribution in [0.15, 0.2) is 276 Å². The highest BCUT2D eigenvalue weighted by molar-refractivity contribution is 6.99. The lowest BCUT2D eigenvalue weighted by molar-refractivity contribution is 0.487. The highest BCUT2D eigenvalue weighted by Gasteiger charge is 2.44. The number of fused-ring (bicyclic) bond motifs is 17. The van der Waals surface area contributed by atoms with Crippen molar-refractivity contribution < 1.29 is 20.4 Å². The maximum Gasteiger partial charge on any atom is 0.256 e. The van der Waals surface area contributed by atoms with Crippen molar-refractivity contribution >= 4 is 123 Å². The minimum absolute atomic E-state index is 0.127. The zero-order chi connectivity index (χ0) is 64.6. The van der Waals surface area contributed by atoms with E-state index in [9.17, 15) is 0 Å². The molecule has 0 amide bonds. The Morgan fingerprint density at radius 3 is 1.93 bits per heavy atom. The van der Waals surface area contributed by atoms with Gasteiger partial charge >= 0.3 is 0 Å². The highest BCUT2D eigenvalue weighted by atomic mass is 16.5. The second-order valence-corrected chi connectivity index (χ2v) is 25.4. The fourth-order valence-corrected chi connectivity index (χ4v) is 15.1. The number of hydrogen-bond donors (Lipinski definition) is 0. The molecule has 430 valence electrons. The summed E-state index contributed by atoms with van der Waals surface area (Å²) in [6.07, 6.45) is 10.8. The van der Waals surface area contributed by atoms with E-state index in [4.69, 9.17) is 20.4 Å². The molecule has 0 spiro atoms. The first-order valence-corrected chi connectivity index (χ1v) is 31.3. The van der Waals surface area contributed by atoms with Crippen LogP contribution in [0, 0.1) is 0 Å². The first kappa shape index (κ1) is 46.8. The minimum atomic E-state index is -0.436. The van der Waals surface area contributed by atoms with E-state index >= 15 is 0 Å². The quantitative estimate of drug-likeness (QED) is 0.123. The molecule has 91 heavy (non-hydrogen) atoms. The number of anilines is 3. The first-order valence-electron chi connectivity index (χ1n) is 33.8. The summed E-state index contributed by atoms with van der Waals surface area (Å²) in [5, 5.41) is 6.83. The van der Waals surface area contributed by atoms with E-state index in [2.05, 4.69) is 247 Å². The van der Waals surface area contributed by atoms with Gasteiger partial charge in [-0.25, -0.2) is 0 Å². The number of aromatic nitrogens is 2. The number of allylic oxidation sites excluding steroid dienone is 3. The van der Waals surface area contributed by atoms with Gasteiger partial charge in [-0.05, 0) is 141 Å². The van der Waals surface area contributed by atoms with Crippen LogP contribution in [0.4, 0.5) is 17.1 Å². The largest absolute Gasteiger partial charge is 0.458 e. The van der Waals surface area contributed by atoms with Crippen molar-refractivity contribution in [1.29, 1.82) is 0 Å². The Kier molecular flexibility index (Phi) is 10.1. The van der Waals surface area contributed by atoms with E-state index in [0.29, 0.717) is 27.9 Å². The van der Waals surface area contributed by atoms with Crippen LogP contribution >= 0.6 is 0 Å². The number of benzene rings is 12. The Morgan fingerprint density at radius 1 is 0.451 bits per heavy atom. The molecule has 4 aromatic heterocycles. The molecule has 0 fully saturated rings. The summed E-state index contributed by atoms with van der Waals surface area (Å²) in [6.45, 7) is 6.58. The monoisotopic (exact) mass is 1170 g/mol. The molecular formula is C84H58BN3O3. The number of ether oxygens (including phenoxy) is 1. The van der Waals surface area contributed by atoms with Crippen molar-refractivity contribution in [1.82, 2.24) is 9.13 Å². The molecule has 19 rings (SSSR count). The van der Waals surface area contributed by atoms with Crippen LogP contribution in [0.5, 0.6) is 11.5 Å². The summed E-state index contributed by atoms with van der Waals surface area (Å²) in [4.78, 5) is 2.51. The number of rotatable bonds is 6. The molecule has 0 saturated carbocycles. The van der Waals surface area contributed by atoms with Gasteiger partial charge in [0, 0.05) is 95.3 Å². The molecule has 0 unspecified atom stereocenters. The fourth-order valence-electron chi connectivity index (χ4n) is 15.1.